The first-order valence-electron chi connectivity index (χ1n) is 11.0. The van der Waals surface area contributed by atoms with Crippen molar-refractivity contribution in [3.05, 3.63) is 101 Å². The molecule has 0 aliphatic rings. The quantitative estimate of drug-likeness (QED) is 0.339. The average molecular weight is 493 g/mol. The number of primary amides is 1. The molecule has 0 aliphatic carbocycles. The molecular weight excluding hydrogens is 471 g/mol. The van der Waals surface area contributed by atoms with Gasteiger partial charge >= 0.3 is 6.18 Å². The molecule has 0 bridgehead atoms. The Hall–Kier alpha value is -4.47. The lowest BCUT2D eigenvalue weighted by Gasteiger charge is -2.11. The Bertz CT molecular complexity index is 1430. The van der Waals surface area contributed by atoms with Gasteiger partial charge in [0.2, 0.25) is 0 Å². The van der Waals surface area contributed by atoms with Crippen LogP contribution in [-0.4, -0.2) is 27.0 Å². The van der Waals surface area contributed by atoms with Crippen LogP contribution in [0.3, 0.4) is 0 Å². The van der Waals surface area contributed by atoms with E-state index in [4.69, 9.17) is 5.73 Å². The highest BCUT2D eigenvalue weighted by molar-refractivity contribution is 6.04. The minimum atomic E-state index is -4.53. The number of carbonyl (C=O) groups excluding carboxylic acids is 2. The highest BCUT2D eigenvalue weighted by Crippen LogP contribution is 2.30. The van der Waals surface area contributed by atoms with E-state index in [-0.39, 0.29) is 11.3 Å². The van der Waals surface area contributed by atoms with Crippen LogP contribution in [-0.2, 0) is 19.0 Å². The number of alkyl halides is 3. The number of rotatable bonds is 7. The lowest BCUT2D eigenvalue weighted by atomic mass is 10.0. The van der Waals surface area contributed by atoms with Crippen LogP contribution in [0.25, 0.3) is 11.3 Å². The number of nitrogens with one attached hydrogen (secondary N) is 2. The predicted octanol–water partition coefficient (Wildman–Crippen LogP) is 4.94. The zero-order chi connectivity index (χ0) is 25.9. The summed E-state index contributed by atoms with van der Waals surface area (Å²) in [6, 6.07) is 14.8. The SMILES string of the molecule is Cc1ccc(NC(=O)c2cccc(C(F)(F)F)c2)cc1CCc1cc(-c2cccnc2C(N)=O)n[nH]1. The molecule has 2 amide bonds. The van der Waals surface area contributed by atoms with E-state index in [1.165, 1.54) is 18.3 Å². The molecule has 0 unspecified atom stereocenters. The number of benzene rings is 2. The second-order valence-electron chi connectivity index (χ2n) is 8.22. The number of carbonyl (C=O) groups is 2. The van der Waals surface area contributed by atoms with Gasteiger partial charge < -0.3 is 11.1 Å². The molecule has 0 fully saturated rings. The molecule has 36 heavy (non-hydrogen) atoms. The Morgan fingerprint density at radius 3 is 2.58 bits per heavy atom. The van der Waals surface area contributed by atoms with Crippen molar-refractivity contribution in [2.24, 2.45) is 5.73 Å². The van der Waals surface area contributed by atoms with Gasteiger partial charge in [0.15, 0.2) is 0 Å². The maximum atomic E-state index is 13.0. The Kier molecular flexibility index (Phi) is 6.86. The fourth-order valence-corrected chi connectivity index (χ4v) is 3.76. The Morgan fingerprint density at radius 2 is 1.83 bits per heavy atom. The van der Waals surface area contributed by atoms with Gasteiger partial charge in [-0.3, -0.25) is 19.7 Å². The van der Waals surface area contributed by atoms with Crippen molar-refractivity contribution in [3.63, 3.8) is 0 Å². The number of aryl methyl sites for hydroxylation is 3. The van der Waals surface area contributed by atoms with E-state index >= 15 is 0 Å². The van der Waals surface area contributed by atoms with E-state index in [2.05, 4.69) is 20.5 Å². The number of hydrogen-bond acceptors (Lipinski definition) is 4. The van der Waals surface area contributed by atoms with E-state index in [0.717, 1.165) is 29.0 Å². The number of aromatic nitrogens is 3. The third-order valence-corrected chi connectivity index (χ3v) is 5.67. The fraction of sp³-hybridized carbons (Fsp3) is 0.154. The van der Waals surface area contributed by atoms with E-state index in [1.807, 2.05) is 19.1 Å². The number of halogens is 3. The third kappa shape index (κ3) is 5.60. The van der Waals surface area contributed by atoms with Crippen LogP contribution >= 0.6 is 0 Å². The van der Waals surface area contributed by atoms with Gasteiger partial charge in [0, 0.05) is 28.7 Å². The van der Waals surface area contributed by atoms with Crippen LogP contribution in [0.15, 0.2) is 66.9 Å². The summed E-state index contributed by atoms with van der Waals surface area (Å²) < 4.78 is 38.9. The van der Waals surface area contributed by atoms with Crippen LogP contribution in [0, 0.1) is 6.92 Å². The summed E-state index contributed by atoms with van der Waals surface area (Å²) in [6.07, 6.45) is -1.85. The monoisotopic (exact) mass is 493 g/mol. The van der Waals surface area contributed by atoms with Crippen molar-refractivity contribution in [1.29, 1.82) is 0 Å². The second-order valence-corrected chi connectivity index (χ2v) is 8.22. The topological polar surface area (TPSA) is 114 Å². The fourth-order valence-electron chi connectivity index (χ4n) is 3.76. The van der Waals surface area contributed by atoms with Gasteiger partial charge in [-0.15, -0.1) is 0 Å². The van der Waals surface area contributed by atoms with Crippen LogP contribution < -0.4 is 11.1 Å². The normalized spacial score (nSPS) is 11.3. The van der Waals surface area contributed by atoms with Crippen molar-refractivity contribution >= 4 is 17.5 Å². The first-order chi connectivity index (χ1) is 17.1. The first-order valence-corrected chi connectivity index (χ1v) is 11.0. The minimum Gasteiger partial charge on any atom is -0.364 e. The summed E-state index contributed by atoms with van der Waals surface area (Å²) in [5.41, 5.74) is 8.90. The van der Waals surface area contributed by atoms with E-state index in [0.29, 0.717) is 29.8 Å². The number of pyridine rings is 1. The summed E-state index contributed by atoms with van der Waals surface area (Å²) in [7, 11) is 0. The number of nitrogens with zero attached hydrogens (tertiary/aromatic N) is 2. The highest BCUT2D eigenvalue weighted by atomic mass is 19.4. The van der Waals surface area contributed by atoms with Gasteiger partial charge in [-0.1, -0.05) is 12.1 Å². The van der Waals surface area contributed by atoms with Crippen LogP contribution in [0.1, 0.15) is 43.2 Å². The molecule has 0 spiro atoms. The van der Waals surface area contributed by atoms with Gasteiger partial charge in [0.05, 0.1) is 11.3 Å². The smallest absolute Gasteiger partial charge is 0.364 e. The molecule has 2 heterocycles. The molecule has 7 nitrogen and oxygen atoms in total. The zero-order valence-electron chi connectivity index (χ0n) is 19.2. The van der Waals surface area contributed by atoms with Crippen molar-refractivity contribution in [2.45, 2.75) is 25.9 Å². The van der Waals surface area contributed by atoms with Gasteiger partial charge in [0.25, 0.3) is 11.8 Å². The lowest BCUT2D eigenvalue weighted by molar-refractivity contribution is -0.137. The van der Waals surface area contributed by atoms with Gasteiger partial charge in [0.1, 0.15) is 5.69 Å². The molecule has 0 saturated carbocycles. The maximum Gasteiger partial charge on any atom is 0.416 e. The van der Waals surface area contributed by atoms with Gasteiger partial charge in [-0.2, -0.15) is 18.3 Å². The van der Waals surface area contributed by atoms with Crippen molar-refractivity contribution in [3.8, 4) is 11.3 Å². The summed E-state index contributed by atoms with van der Waals surface area (Å²) in [6.45, 7) is 1.93. The summed E-state index contributed by atoms with van der Waals surface area (Å²) in [5.74, 6) is -1.27. The largest absolute Gasteiger partial charge is 0.416 e. The Labute approximate surface area is 204 Å². The summed E-state index contributed by atoms with van der Waals surface area (Å²) >= 11 is 0. The van der Waals surface area contributed by atoms with Gasteiger partial charge in [-0.05, 0) is 79.4 Å². The molecule has 2 aromatic carbocycles. The number of nitrogens with two attached hydrogens (primary N) is 1. The molecule has 0 saturated heterocycles. The van der Waals surface area contributed by atoms with Crippen LogP contribution in [0.4, 0.5) is 18.9 Å². The lowest BCUT2D eigenvalue weighted by Crippen LogP contribution is -2.14. The number of amides is 2. The number of anilines is 1. The molecule has 0 aliphatic heterocycles. The second kappa shape index (κ2) is 10.0. The standard InChI is InChI=1S/C26H22F3N5O2/c1-15-7-9-19(32-25(36)17-4-2-5-18(12-17)26(27,28)29)13-16(15)8-10-20-14-22(34-33-20)21-6-3-11-31-23(21)24(30)35/h2-7,9,11-14H,8,10H2,1H3,(H2,30,35)(H,32,36)(H,33,34). The molecule has 4 aromatic rings. The Balaban J connectivity index is 1.46. The molecule has 2 aromatic heterocycles. The third-order valence-electron chi connectivity index (χ3n) is 5.67. The van der Waals surface area contributed by atoms with E-state index in [1.54, 1.807) is 24.3 Å². The zero-order valence-corrected chi connectivity index (χ0v) is 19.2. The van der Waals surface area contributed by atoms with Crippen molar-refractivity contribution in [2.75, 3.05) is 5.32 Å². The molecule has 4 N–H and O–H groups in total. The van der Waals surface area contributed by atoms with Gasteiger partial charge in [-0.25, -0.2) is 0 Å². The molecule has 10 heteroatoms. The minimum absolute atomic E-state index is 0.0809. The summed E-state index contributed by atoms with van der Waals surface area (Å²) in [4.78, 5) is 28.2. The predicted molar refractivity (Wildman–Crippen MR) is 128 cm³/mol. The van der Waals surface area contributed by atoms with Crippen molar-refractivity contribution in [1.82, 2.24) is 15.2 Å². The van der Waals surface area contributed by atoms with Crippen LogP contribution in [0.2, 0.25) is 0 Å². The average Bonchev–Trinajstić information content (AvgIpc) is 3.33. The highest BCUT2D eigenvalue weighted by Gasteiger charge is 2.30. The molecule has 0 radical (unpaired) electrons. The van der Waals surface area contributed by atoms with E-state index < -0.39 is 23.6 Å². The van der Waals surface area contributed by atoms with E-state index in [9.17, 15) is 22.8 Å². The summed E-state index contributed by atoms with van der Waals surface area (Å²) in [5, 5.41) is 9.89. The molecular formula is C26H22F3N5O2. The van der Waals surface area contributed by atoms with Crippen molar-refractivity contribution < 1.29 is 22.8 Å². The molecule has 0 atom stereocenters. The first kappa shape index (κ1) is 24.6. The van der Waals surface area contributed by atoms with Crippen LogP contribution in [0.5, 0.6) is 0 Å². The molecule has 4 rings (SSSR count). The number of H-pyrrole nitrogens is 1. The maximum absolute atomic E-state index is 13.0. The number of hydrogen-bond donors (Lipinski definition) is 3. The molecule has 184 valence electrons. The number of aromatic amines is 1. The Morgan fingerprint density at radius 1 is 1.03 bits per heavy atom.